The molecule has 42 heavy (non-hydrogen) atoms. The summed E-state index contributed by atoms with van der Waals surface area (Å²) < 4.78 is 55.6. The van der Waals surface area contributed by atoms with Crippen molar-refractivity contribution >= 4 is 5.69 Å². The first kappa shape index (κ1) is 30.1. The SMILES string of the molecule is COCCCN1CCOc2ccc(COC3CNCCC3c3ccc(OCCCOc4ccc(F)cc4F)cc3)cc21. The zero-order chi connectivity index (χ0) is 29.1. The van der Waals surface area contributed by atoms with Crippen LogP contribution in [0, 0.1) is 11.6 Å². The van der Waals surface area contributed by atoms with E-state index in [0.717, 1.165) is 74.4 Å². The maximum absolute atomic E-state index is 13.7. The highest BCUT2D eigenvalue weighted by atomic mass is 19.1. The predicted octanol–water partition coefficient (Wildman–Crippen LogP) is 5.71. The molecule has 0 bridgehead atoms. The highest BCUT2D eigenvalue weighted by Gasteiger charge is 2.27. The Hall–Kier alpha value is -3.40. The van der Waals surface area contributed by atoms with Crippen molar-refractivity contribution in [3.8, 4) is 17.2 Å². The third-order valence-electron chi connectivity index (χ3n) is 7.67. The monoisotopic (exact) mass is 582 g/mol. The number of nitrogens with one attached hydrogen (secondary N) is 1. The van der Waals surface area contributed by atoms with Gasteiger partial charge in [0.25, 0.3) is 0 Å². The Kier molecular flexibility index (Phi) is 10.9. The van der Waals surface area contributed by atoms with Crippen LogP contribution in [0.3, 0.4) is 0 Å². The molecule has 0 radical (unpaired) electrons. The first-order valence-electron chi connectivity index (χ1n) is 14.7. The zero-order valence-electron chi connectivity index (χ0n) is 24.2. The van der Waals surface area contributed by atoms with Gasteiger partial charge in [-0.15, -0.1) is 0 Å². The van der Waals surface area contributed by atoms with E-state index in [2.05, 4.69) is 40.5 Å². The molecular weight excluding hydrogens is 542 g/mol. The molecule has 0 spiro atoms. The Morgan fingerprint density at radius 1 is 0.952 bits per heavy atom. The normalized spacial score (nSPS) is 18.3. The number of hydrogen-bond acceptors (Lipinski definition) is 7. The van der Waals surface area contributed by atoms with Gasteiger partial charge in [-0.05, 0) is 66.9 Å². The first-order valence-corrected chi connectivity index (χ1v) is 14.7. The molecule has 2 unspecified atom stereocenters. The molecular formula is C33H40F2N2O5. The molecule has 3 aromatic carbocycles. The molecule has 7 nitrogen and oxygen atoms in total. The molecule has 1 N–H and O–H groups in total. The van der Waals surface area contributed by atoms with E-state index in [9.17, 15) is 8.78 Å². The van der Waals surface area contributed by atoms with Gasteiger partial charge in [0.2, 0.25) is 0 Å². The lowest BCUT2D eigenvalue weighted by atomic mass is 9.87. The van der Waals surface area contributed by atoms with Gasteiger partial charge in [-0.25, -0.2) is 8.78 Å². The Morgan fingerprint density at radius 2 is 1.81 bits per heavy atom. The fraction of sp³-hybridized carbons (Fsp3) is 0.455. The number of ether oxygens (including phenoxy) is 5. The molecule has 0 aliphatic carbocycles. The molecule has 1 saturated heterocycles. The number of benzene rings is 3. The number of anilines is 1. The summed E-state index contributed by atoms with van der Waals surface area (Å²) in [6.45, 7) is 6.24. The highest BCUT2D eigenvalue weighted by molar-refractivity contribution is 5.61. The Morgan fingerprint density at radius 3 is 2.64 bits per heavy atom. The minimum Gasteiger partial charge on any atom is -0.493 e. The third-order valence-corrected chi connectivity index (χ3v) is 7.67. The number of nitrogens with zero attached hydrogens (tertiary/aromatic N) is 1. The van der Waals surface area contributed by atoms with Gasteiger partial charge in [0.15, 0.2) is 11.6 Å². The largest absolute Gasteiger partial charge is 0.493 e. The van der Waals surface area contributed by atoms with Crippen LogP contribution in [-0.4, -0.2) is 65.8 Å². The van der Waals surface area contributed by atoms with Gasteiger partial charge in [0.05, 0.1) is 38.2 Å². The molecule has 2 atom stereocenters. The standard InChI is InChI=1S/C33H40F2N2O5/c1-38-16-2-14-37-15-19-41-32-10-4-24(20-30(32)37)23-42-33-22-36-13-12-28(33)25-5-8-27(9-6-25)39-17-3-18-40-31-11-7-26(34)21-29(31)35/h4-11,20-21,28,33,36H,2-3,12-19,22-23H2,1H3. The summed E-state index contributed by atoms with van der Waals surface area (Å²) in [5, 5.41) is 3.48. The summed E-state index contributed by atoms with van der Waals surface area (Å²) in [5.41, 5.74) is 3.49. The van der Waals surface area contributed by atoms with E-state index in [1.807, 2.05) is 12.1 Å². The molecule has 226 valence electrons. The molecule has 2 aliphatic rings. The predicted molar refractivity (Wildman–Crippen MR) is 158 cm³/mol. The average molecular weight is 583 g/mol. The molecule has 0 saturated carbocycles. The topological polar surface area (TPSA) is 61.4 Å². The van der Waals surface area contributed by atoms with Crippen LogP contribution in [0.5, 0.6) is 17.2 Å². The van der Waals surface area contributed by atoms with Crippen molar-refractivity contribution in [2.24, 2.45) is 0 Å². The molecule has 0 aromatic heterocycles. The minimum atomic E-state index is -0.704. The molecule has 5 rings (SSSR count). The second-order valence-corrected chi connectivity index (χ2v) is 10.6. The van der Waals surface area contributed by atoms with Crippen LogP contribution >= 0.6 is 0 Å². The van der Waals surface area contributed by atoms with Crippen molar-refractivity contribution in [3.05, 3.63) is 83.4 Å². The van der Waals surface area contributed by atoms with Gasteiger partial charge in [0, 0.05) is 45.2 Å². The maximum Gasteiger partial charge on any atom is 0.167 e. The maximum atomic E-state index is 13.7. The van der Waals surface area contributed by atoms with Crippen LogP contribution in [0.2, 0.25) is 0 Å². The van der Waals surface area contributed by atoms with E-state index in [1.54, 1.807) is 7.11 Å². The molecule has 1 fully saturated rings. The molecule has 2 heterocycles. The Labute approximate surface area is 246 Å². The van der Waals surface area contributed by atoms with Gasteiger partial charge in [-0.3, -0.25) is 0 Å². The molecule has 3 aromatic rings. The van der Waals surface area contributed by atoms with Crippen LogP contribution < -0.4 is 24.4 Å². The number of piperidine rings is 1. The summed E-state index contributed by atoms with van der Waals surface area (Å²) in [6, 6.07) is 17.8. The first-order chi connectivity index (χ1) is 20.6. The highest BCUT2D eigenvalue weighted by Crippen LogP contribution is 2.34. The number of methoxy groups -OCH3 is 1. The smallest absolute Gasteiger partial charge is 0.167 e. The quantitative estimate of drug-likeness (QED) is 0.244. The van der Waals surface area contributed by atoms with Crippen molar-refractivity contribution in [1.29, 1.82) is 0 Å². The van der Waals surface area contributed by atoms with Crippen LogP contribution in [0.15, 0.2) is 60.7 Å². The van der Waals surface area contributed by atoms with Gasteiger partial charge in [-0.1, -0.05) is 18.2 Å². The fourth-order valence-corrected chi connectivity index (χ4v) is 5.46. The third kappa shape index (κ3) is 8.12. The lowest BCUT2D eigenvalue weighted by molar-refractivity contribution is 0.0106. The number of halogens is 2. The minimum absolute atomic E-state index is 0.0417. The van der Waals surface area contributed by atoms with E-state index >= 15 is 0 Å². The Balaban J connectivity index is 1.11. The van der Waals surface area contributed by atoms with Gasteiger partial charge in [-0.2, -0.15) is 0 Å². The van der Waals surface area contributed by atoms with E-state index in [1.165, 1.54) is 17.7 Å². The number of rotatable bonds is 14. The molecule has 0 amide bonds. The van der Waals surface area contributed by atoms with Gasteiger partial charge >= 0.3 is 0 Å². The Bertz CT molecular complexity index is 1280. The summed E-state index contributed by atoms with van der Waals surface area (Å²) in [6.07, 6.45) is 2.60. The average Bonchev–Trinajstić information content (AvgIpc) is 3.01. The van der Waals surface area contributed by atoms with E-state index in [0.29, 0.717) is 26.2 Å². The summed E-state index contributed by atoms with van der Waals surface area (Å²) in [5.74, 6) is 0.691. The second kappa shape index (κ2) is 15.2. The van der Waals surface area contributed by atoms with Crippen LogP contribution in [0.25, 0.3) is 0 Å². The summed E-state index contributed by atoms with van der Waals surface area (Å²) in [7, 11) is 1.74. The van der Waals surface area contributed by atoms with Gasteiger partial charge in [0.1, 0.15) is 23.9 Å². The summed E-state index contributed by atoms with van der Waals surface area (Å²) in [4.78, 5) is 2.37. The van der Waals surface area contributed by atoms with Crippen molar-refractivity contribution in [2.45, 2.75) is 37.9 Å². The van der Waals surface area contributed by atoms with Crippen LogP contribution in [-0.2, 0) is 16.1 Å². The van der Waals surface area contributed by atoms with Crippen molar-refractivity contribution in [3.63, 3.8) is 0 Å². The second-order valence-electron chi connectivity index (χ2n) is 10.6. The number of hydrogen-bond donors (Lipinski definition) is 1. The van der Waals surface area contributed by atoms with E-state index in [-0.39, 0.29) is 24.4 Å². The molecule has 9 heteroatoms. The van der Waals surface area contributed by atoms with Crippen LogP contribution in [0.4, 0.5) is 14.5 Å². The van der Waals surface area contributed by atoms with E-state index in [4.69, 9.17) is 23.7 Å². The lowest BCUT2D eigenvalue weighted by Gasteiger charge is -2.33. The van der Waals surface area contributed by atoms with Crippen LogP contribution in [0.1, 0.15) is 36.3 Å². The van der Waals surface area contributed by atoms with E-state index < -0.39 is 11.6 Å². The van der Waals surface area contributed by atoms with Crippen molar-refractivity contribution in [1.82, 2.24) is 5.32 Å². The fourth-order valence-electron chi connectivity index (χ4n) is 5.46. The van der Waals surface area contributed by atoms with Crippen molar-refractivity contribution < 1.29 is 32.5 Å². The molecule has 2 aliphatic heterocycles. The van der Waals surface area contributed by atoms with Crippen molar-refractivity contribution in [2.75, 3.05) is 64.6 Å². The van der Waals surface area contributed by atoms with Gasteiger partial charge < -0.3 is 33.9 Å². The zero-order valence-corrected chi connectivity index (χ0v) is 24.2. The number of fused-ring (bicyclic) bond motifs is 1. The summed E-state index contributed by atoms with van der Waals surface area (Å²) >= 11 is 0. The lowest BCUT2D eigenvalue weighted by Crippen LogP contribution is -2.41.